The molecule has 0 unspecified atom stereocenters. The highest BCUT2D eigenvalue weighted by atomic mass is 16.8. The summed E-state index contributed by atoms with van der Waals surface area (Å²) in [4.78, 5) is 0. The van der Waals surface area contributed by atoms with E-state index in [0.717, 1.165) is 0 Å². The predicted molar refractivity (Wildman–Crippen MR) is 36.7 cm³/mol. The van der Waals surface area contributed by atoms with Crippen LogP contribution in [0, 0.1) is 0 Å². The molecule has 0 amide bonds. The monoisotopic (exact) mass is 166 g/mol. The van der Waals surface area contributed by atoms with Crippen LogP contribution < -0.4 is 0 Å². The molecular formula is C6H14O5. The van der Waals surface area contributed by atoms with Gasteiger partial charge < -0.3 is 23.7 Å². The van der Waals surface area contributed by atoms with Gasteiger partial charge in [0.2, 0.25) is 0 Å². The number of rotatable bonds is 2. The van der Waals surface area contributed by atoms with Crippen molar-refractivity contribution in [3.05, 3.63) is 0 Å². The zero-order valence-electron chi connectivity index (χ0n) is 6.87. The van der Waals surface area contributed by atoms with Crippen molar-refractivity contribution < 1.29 is 23.7 Å². The van der Waals surface area contributed by atoms with E-state index in [1.165, 1.54) is 0 Å². The minimum Gasteiger partial charge on any atom is -0.359 e. The molecule has 68 valence electrons. The molecule has 11 heavy (non-hydrogen) atoms. The SMILES string of the molecule is C1OCOCO1.COCOC. The van der Waals surface area contributed by atoms with Crippen molar-refractivity contribution in [1.82, 2.24) is 0 Å². The van der Waals surface area contributed by atoms with Gasteiger partial charge in [0, 0.05) is 14.2 Å². The van der Waals surface area contributed by atoms with E-state index < -0.39 is 0 Å². The molecule has 0 aromatic heterocycles. The van der Waals surface area contributed by atoms with E-state index in [2.05, 4.69) is 23.7 Å². The maximum atomic E-state index is 4.62. The third kappa shape index (κ3) is 9.80. The summed E-state index contributed by atoms with van der Waals surface area (Å²) in [6, 6.07) is 0. The molecule has 0 radical (unpaired) electrons. The summed E-state index contributed by atoms with van der Waals surface area (Å²) in [5, 5.41) is 0. The molecule has 0 aromatic rings. The first kappa shape index (κ1) is 10.8. The quantitative estimate of drug-likeness (QED) is 0.547. The van der Waals surface area contributed by atoms with Crippen LogP contribution in [0.1, 0.15) is 0 Å². The highest BCUT2D eigenvalue weighted by Crippen LogP contribution is 1.87. The van der Waals surface area contributed by atoms with Gasteiger partial charge in [-0.25, -0.2) is 0 Å². The second-order valence-electron chi connectivity index (χ2n) is 1.66. The molecule has 0 bridgehead atoms. The summed E-state index contributed by atoms with van der Waals surface area (Å²) in [7, 11) is 3.17. The van der Waals surface area contributed by atoms with Crippen molar-refractivity contribution in [2.45, 2.75) is 0 Å². The van der Waals surface area contributed by atoms with E-state index in [-0.39, 0.29) is 0 Å². The Labute approximate surface area is 66.1 Å². The van der Waals surface area contributed by atoms with Gasteiger partial charge in [0.1, 0.15) is 6.79 Å². The zero-order chi connectivity index (χ0) is 8.36. The van der Waals surface area contributed by atoms with Gasteiger partial charge in [-0.3, -0.25) is 0 Å². The van der Waals surface area contributed by atoms with E-state index in [1.807, 2.05) is 0 Å². The summed E-state index contributed by atoms with van der Waals surface area (Å²) in [5.74, 6) is 0. The van der Waals surface area contributed by atoms with Crippen LogP contribution in [0.3, 0.4) is 0 Å². The molecule has 0 aromatic carbocycles. The Kier molecular flexibility index (Phi) is 9.62. The van der Waals surface area contributed by atoms with E-state index in [1.54, 1.807) is 14.2 Å². The summed E-state index contributed by atoms with van der Waals surface area (Å²) < 4.78 is 22.8. The second-order valence-corrected chi connectivity index (χ2v) is 1.66. The van der Waals surface area contributed by atoms with Gasteiger partial charge in [0.25, 0.3) is 0 Å². The van der Waals surface area contributed by atoms with E-state index in [9.17, 15) is 0 Å². The van der Waals surface area contributed by atoms with Crippen molar-refractivity contribution >= 4 is 0 Å². The zero-order valence-corrected chi connectivity index (χ0v) is 6.87. The molecule has 0 N–H and O–H groups in total. The Balaban J connectivity index is 0.000000187. The smallest absolute Gasteiger partial charge is 0.152 e. The lowest BCUT2D eigenvalue weighted by Gasteiger charge is -2.10. The molecule has 1 aliphatic rings. The van der Waals surface area contributed by atoms with Crippen molar-refractivity contribution in [2.75, 3.05) is 41.4 Å². The van der Waals surface area contributed by atoms with E-state index in [4.69, 9.17) is 0 Å². The molecule has 1 saturated heterocycles. The van der Waals surface area contributed by atoms with Gasteiger partial charge in [-0.1, -0.05) is 0 Å². The summed E-state index contributed by atoms with van der Waals surface area (Å²) in [5.41, 5.74) is 0. The topological polar surface area (TPSA) is 46.2 Å². The van der Waals surface area contributed by atoms with Gasteiger partial charge >= 0.3 is 0 Å². The Bertz CT molecular complexity index is 50.5. The van der Waals surface area contributed by atoms with Crippen LogP contribution in [0.5, 0.6) is 0 Å². The third-order valence-electron chi connectivity index (χ3n) is 0.736. The minimum atomic E-state index is 0.375. The molecule has 5 nitrogen and oxygen atoms in total. The van der Waals surface area contributed by atoms with Crippen LogP contribution in [0.25, 0.3) is 0 Å². The van der Waals surface area contributed by atoms with Crippen LogP contribution in [-0.4, -0.2) is 41.4 Å². The lowest BCUT2D eigenvalue weighted by molar-refractivity contribution is -0.247. The normalized spacial score (nSPS) is 16.9. The first-order valence-corrected chi connectivity index (χ1v) is 3.13. The number of methoxy groups -OCH3 is 2. The number of ether oxygens (including phenoxy) is 5. The van der Waals surface area contributed by atoms with Crippen LogP contribution in [0.15, 0.2) is 0 Å². The van der Waals surface area contributed by atoms with Crippen molar-refractivity contribution in [1.29, 1.82) is 0 Å². The Morgan fingerprint density at radius 2 is 1.27 bits per heavy atom. The fourth-order valence-electron chi connectivity index (χ4n) is 0.397. The third-order valence-corrected chi connectivity index (χ3v) is 0.736. The van der Waals surface area contributed by atoms with Crippen LogP contribution in [0.4, 0.5) is 0 Å². The average molecular weight is 166 g/mol. The Morgan fingerprint density at radius 3 is 1.36 bits per heavy atom. The molecular weight excluding hydrogens is 152 g/mol. The molecule has 5 heteroatoms. The molecule has 0 spiro atoms. The maximum Gasteiger partial charge on any atom is 0.152 e. The summed E-state index contributed by atoms with van der Waals surface area (Å²) >= 11 is 0. The fourth-order valence-corrected chi connectivity index (χ4v) is 0.397. The molecule has 1 aliphatic heterocycles. The molecule has 0 aliphatic carbocycles. The minimum absolute atomic E-state index is 0.375. The van der Waals surface area contributed by atoms with Gasteiger partial charge in [-0.15, -0.1) is 0 Å². The highest BCUT2D eigenvalue weighted by Gasteiger charge is 1.93. The second kappa shape index (κ2) is 9.80. The molecule has 0 atom stereocenters. The highest BCUT2D eigenvalue weighted by molar-refractivity contribution is 4.09. The van der Waals surface area contributed by atoms with E-state index in [0.29, 0.717) is 27.2 Å². The van der Waals surface area contributed by atoms with Crippen LogP contribution in [-0.2, 0) is 23.7 Å². The number of hydrogen-bond acceptors (Lipinski definition) is 5. The van der Waals surface area contributed by atoms with Gasteiger partial charge in [0.05, 0.1) is 0 Å². The molecule has 1 heterocycles. The standard InChI is InChI=1S/C3H6O3.C3H8O2/c1-4-2-6-3-5-1;1-4-3-5-2/h1-3H2;3H2,1-2H3. The van der Waals surface area contributed by atoms with Crippen molar-refractivity contribution in [3.8, 4) is 0 Å². The molecule has 1 fully saturated rings. The van der Waals surface area contributed by atoms with Crippen LogP contribution >= 0.6 is 0 Å². The summed E-state index contributed by atoms with van der Waals surface area (Å²) in [6.45, 7) is 1.51. The fraction of sp³-hybridized carbons (Fsp3) is 1.00. The lowest BCUT2D eigenvalue weighted by atomic mass is 11.2. The van der Waals surface area contributed by atoms with Gasteiger partial charge in [-0.2, -0.15) is 0 Å². The van der Waals surface area contributed by atoms with E-state index >= 15 is 0 Å². The average Bonchev–Trinajstić information content (AvgIpc) is 2.10. The molecule has 1 rings (SSSR count). The maximum absolute atomic E-state index is 4.62. The Hall–Kier alpha value is -0.200. The van der Waals surface area contributed by atoms with Gasteiger partial charge in [0.15, 0.2) is 20.4 Å². The van der Waals surface area contributed by atoms with Crippen molar-refractivity contribution in [3.63, 3.8) is 0 Å². The van der Waals surface area contributed by atoms with Gasteiger partial charge in [-0.05, 0) is 0 Å². The predicted octanol–water partition coefficient (Wildman–Crippen LogP) is 0.159. The first-order chi connectivity index (χ1) is 5.41. The largest absolute Gasteiger partial charge is 0.359 e. The van der Waals surface area contributed by atoms with Crippen LogP contribution in [0.2, 0.25) is 0 Å². The Morgan fingerprint density at radius 1 is 0.909 bits per heavy atom. The first-order valence-electron chi connectivity index (χ1n) is 3.13. The number of hydrogen-bond donors (Lipinski definition) is 0. The molecule has 0 saturated carbocycles. The van der Waals surface area contributed by atoms with Crippen molar-refractivity contribution in [2.24, 2.45) is 0 Å². The summed E-state index contributed by atoms with van der Waals surface area (Å²) in [6.07, 6.45) is 0. The lowest BCUT2D eigenvalue weighted by Crippen LogP contribution is -2.14.